The van der Waals surface area contributed by atoms with Gasteiger partial charge in [0, 0.05) is 21.9 Å². The molecule has 104 valence electrons. The van der Waals surface area contributed by atoms with Crippen LogP contribution in [0.5, 0.6) is 0 Å². The Balaban J connectivity index is 1.89. The standard InChI is InChI=1S/C18H12B2Cl2/c19-9-1-3-11-13-7-18(22)16-6-10(20)2-4-12(16)14(13)8-17(21)15(11)5-9/h1-5,7-8,10,13-14H,6H2. The van der Waals surface area contributed by atoms with Crippen molar-refractivity contribution in [2.24, 2.45) is 5.92 Å². The fourth-order valence-electron chi connectivity index (χ4n) is 3.65. The van der Waals surface area contributed by atoms with Crippen molar-refractivity contribution in [1.29, 1.82) is 0 Å². The third-order valence-corrected chi connectivity index (χ3v) is 5.37. The van der Waals surface area contributed by atoms with Crippen LogP contribution < -0.4 is 5.46 Å². The number of benzene rings is 1. The van der Waals surface area contributed by atoms with Gasteiger partial charge in [0.05, 0.1) is 7.85 Å². The summed E-state index contributed by atoms with van der Waals surface area (Å²) in [5.41, 5.74) is 5.29. The molecule has 3 aliphatic carbocycles. The molecule has 0 heterocycles. The molecule has 4 heteroatoms. The van der Waals surface area contributed by atoms with Crippen molar-refractivity contribution in [3.05, 3.63) is 69.8 Å². The normalized spacial score (nSPS) is 29.3. The lowest BCUT2D eigenvalue weighted by Crippen LogP contribution is -2.23. The van der Waals surface area contributed by atoms with Crippen molar-refractivity contribution >= 4 is 49.4 Å². The summed E-state index contributed by atoms with van der Waals surface area (Å²) in [5, 5.41) is 1.57. The van der Waals surface area contributed by atoms with Crippen molar-refractivity contribution in [1.82, 2.24) is 0 Å². The molecule has 0 saturated carbocycles. The number of halogens is 2. The summed E-state index contributed by atoms with van der Waals surface area (Å²) in [5.74, 6) is 0.445. The van der Waals surface area contributed by atoms with Gasteiger partial charge in [-0.1, -0.05) is 77.0 Å². The summed E-state index contributed by atoms with van der Waals surface area (Å²) in [7, 11) is 11.9. The molecule has 1 aromatic carbocycles. The van der Waals surface area contributed by atoms with E-state index in [1.54, 1.807) is 0 Å². The smallest absolute Gasteiger partial charge is 0.0960 e. The third kappa shape index (κ3) is 2.16. The summed E-state index contributed by atoms with van der Waals surface area (Å²) in [6.07, 6.45) is 9.19. The molecule has 0 bridgehead atoms. The van der Waals surface area contributed by atoms with E-state index >= 15 is 0 Å². The Morgan fingerprint density at radius 1 is 1.05 bits per heavy atom. The molecular weight excluding hydrogens is 309 g/mol. The predicted molar refractivity (Wildman–Crippen MR) is 96.1 cm³/mol. The molecule has 22 heavy (non-hydrogen) atoms. The molecule has 0 aromatic heterocycles. The fourth-order valence-corrected chi connectivity index (χ4v) is 4.27. The van der Waals surface area contributed by atoms with E-state index in [1.807, 2.05) is 18.2 Å². The van der Waals surface area contributed by atoms with E-state index in [9.17, 15) is 0 Å². The highest BCUT2D eigenvalue weighted by atomic mass is 35.5. The molecule has 0 amide bonds. The average molecular weight is 321 g/mol. The van der Waals surface area contributed by atoms with Crippen LogP contribution in [0.25, 0.3) is 5.03 Å². The number of allylic oxidation sites excluding steroid dienone is 7. The highest BCUT2D eigenvalue weighted by Gasteiger charge is 2.35. The minimum atomic E-state index is 0.0348. The molecule has 0 nitrogen and oxygen atoms in total. The molecule has 0 spiro atoms. The maximum absolute atomic E-state index is 6.54. The molecular formula is C18H12B2Cl2. The van der Waals surface area contributed by atoms with E-state index in [1.165, 1.54) is 11.1 Å². The first-order valence-corrected chi connectivity index (χ1v) is 8.12. The van der Waals surface area contributed by atoms with Gasteiger partial charge < -0.3 is 0 Å². The molecule has 3 aliphatic rings. The second-order valence-electron chi connectivity index (χ2n) is 6.09. The van der Waals surface area contributed by atoms with Crippen molar-refractivity contribution in [2.75, 3.05) is 0 Å². The number of hydrogen-bond acceptors (Lipinski definition) is 0. The van der Waals surface area contributed by atoms with E-state index in [0.29, 0.717) is 0 Å². The highest BCUT2D eigenvalue weighted by molar-refractivity contribution is 6.49. The van der Waals surface area contributed by atoms with Gasteiger partial charge in [-0.3, -0.25) is 0 Å². The minimum absolute atomic E-state index is 0.0348. The zero-order valence-corrected chi connectivity index (χ0v) is 13.4. The first-order valence-electron chi connectivity index (χ1n) is 7.36. The molecule has 4 rings (SSSR count). The minimum Gasteiger partial charge on any atom is -0.0960 e. The van der Waals surface area contributed by atoms with Crippen LogP contribution in [0.15, 0.2) is 58.7 Å². The van der Waals surface area contributed by atoms with Gasteiger partial charge in [0.1, 0.15) is 7.85 Å². The first kappa shape index (κ1) is 14.5. The molecule has 0 aliphatic heterocycles. The Morgan fingerprint density at radius 2 is 1.82 bits per heavy atom. The molecule has 3 atom stereocenters. The van der Waals surface area contributed by atoms with Crippen LogP contribution in [-0.4, -0.2) is 15.7 Å². The largest absolute Gasteiger partial charge is 0.113 e. The zero-order valence-electron chi connectivity index (χ0n) is 11.9. The molecule has 0 saturated heterocycles. The SMILES string of the molecule is [B]c1ccc2c(c1)C(Cl)=CC1C3=C(CC([B])C=C3)C(Cl)=CC21. The first-order chi connectivity index (χ1) is 10.5. The van der Waals surface area contributed by atoms with Crippen molar-refractivity contribution in [3.8, 4) is 0 Å². The quantitative estimate of drug-likeness (QED) is 0.631. The van der Waals surface area contributed by atoms with Crippen molar-refractivity contribution in [3.63, 3.8) is 0 Å². The Hall–Kier alpha value is -1.11. The fraction of sp³-hybridized carbons (Fsp3) is 0.222. The molecule has 1 aromatic rings. The summed E-state index contributed by atoms with van der Waals surface area (Å²) in [4.78, 5) is 0. The van der Waals surface area contributed by atoms with Crippen LogP contribution in [-0.2, 0) is 0 Å². The number of rotatable bonds is 0. The zero-order chi connectivity index (χ0) is 15.4. The van der Waals surface area contributed by atoms with E-state index in [-0.39, 0.29) is 17.7 Å². The van der Waals surface area contributed by atoms with Crippen LogP contribution in [0.4, 0.5) is 0 Å². The van der Waals surface area contributed by atoms with Crippen molar-refractivity contribution in [2.45, 2.75) is 18.2 Å². The van der Waals surface area contributed by atoms with Gasteiger partial charge in [0.25, 0.3) is 0 Å². The van der Waals surface area contributed by atoms with Gasteiger partial charge in [-0.15, -0.1) is 0 Å². The lowest BCUT2D eigenvalue weighted by atomic mass is 9.66. The molecule has 3 unspecified atom stereocenters. The van der Waals surface area contributed by atoms with Crippen LogP contribution in [0.3, 0.4) is 0 Å². The monoisotopic (exact) mass is 320 g/mol. The molecule has 0 fully saturated rings. The van der Waals surface area contributed by atoms with Crippen LogP contribution in [0.1, 0.15) is 23.5 Å². The Labute approximate surface area is 143 Å². The predicted octanol–water partition coefficient (Wildman–Crippen LogP) is 4.12. The molecule has 4 radical (unpaired) electrons. The van der Waals surface area contributed by atoms with Gasteiger partial charge >= 0.3 is 0 Å². The van der Waals surface area contributed by atoms with Gasteiger partial charge in [-0.25, -0.2) is 0 Å². The average Bonchev–Trinajstić information content (AvgIpc) is 2.49. The lowest BCUT2D eigenvalue weighted by molar-refractivity contribution is 0.645. The summed E-state index contributed by atoms with van der Waals surface area (Å²) < 4.78 is 0. The van der Waals surface area contributed by atoms with E-state index < -0.39 is 0 Å². The van der Waals surface area contributed by atoms with Gasteiger partial charge in [0.15, 0.2) is 0 Å². The van der Waals surface area contributed by atoms with Gasteiger partial charge in [-0.05, 0) is 28.7 Å². The number of hydrogen-bond donors (Lipinski definition) is 0. The topological polar surface area (TPSA) is 0 Å². The van der Waals surface area contributed by atoms with Crippen LogP contribution >= 0.6 is 23.2 Å². The van der Waals surface area contributed by atoms with Crippen LogP contribution in [0, 0.1) is 5.92 Å². The van der Waals surface area contributed by atoms with E-state index in [2.05, 4.69) is 24.3 Å². The number of fused-ring (bicyclic) bond motifs is 4. The summed E-state index contributed by atoms with van der Waals surface area (Å²) in [6, 6.07) is 5.91. The summed E-state index contributed by atoms with van der Waals surface area (Å²) in [6.45, 7) is 0. The maximum Gasteiger partial charge on any atom is 0.113 e. The molecule has 0 N–H and O–H groups in total. The van der Waals surface area contributed by atoms with Gasteiger partial charge in [-0.2, -0.15) is 0 Å². The maximum atomic E-state index is 6.54. The van der Waals surface area contributed by atoms with Gasteiger partial charge in [0.2, 0.25) is 0 Å². The van der Waals surface area contributed by atoms with E-state index in [0.717, 1.165) is 33.1 Å². The third-order valence-electron chi connectivity index (χ3n) is 4.69. The lowest BCUT2D eigenvalue weighted by Gasteiger charge is -2.37. The Morgan fingerprint density at radius 3 is 2.64 bits per heavy atom. The second kappa shape index (κ2) is 5.22. The summed E-state index contributed by atoms with van der Waals surface area (Å²) >= 11 is 13.1. The second-order valence-corrected chi connectivity index (χ2v) is 6.90. The highest BCUT2D eigenvalue weighted by Crippen LogP contribution is 2.51. The Kier molecular flexibility index (Phi) is 3.43. The van der Waals surface area contributed by atoms with E-state index in [4.69, 9.17) is 38.9 Å². The van der Waals surface area contributed by atoms with Crippen molar-refractivity contribution < 1.29 is 0 Å². The van der Waals surface area contributed by atoms with Crippen LogP contribution in [0.2, 0.25) is 5.82 Å². The Bertz CT molecular complexity index is 786.